The smallest absolute Gasteiger partial charge is 0.314 e. The molecule has 3 nitrogen and oxygen atoms in total. The zero-order valence-electron chi connectivity index (χ0n) is 19.1. The van der Waals surface area contributed by atoms with Gasteiger partial charge in [-0.25, -0.2) is 0 Å². The molecule has 4 atom stereocenters. The van der Waals surface area contributed by atoms with Crippen LogP contribution in [-0.4, -0.2) is 31.1 Å². The van der Waals surface area contributed by atoms with Crippen molar-refractivity contribution >= 4 is 29.2 Å². The van der Waals surface area contributed by atoms with Crippen LogP contribution in [0.25, 0.3) is 0 Å². The van der Waals surface area contributed by atoms with E-state index in [0.717, 1.165) is 31.5 Å². The molecule has 0 aromatic heterocycles. The molecule has 4 unspecified atom stereocenters. The molecule has 0 N–H and O–H groups in total. The number of hydrogen-bond acceptors (Lipinski definition) is 3. The summed E-state index contributed by atoms with van der Waals surface area (Å²) < 4.78 is 5.57. The van der Waals surface area contributed by atoms with Crippen molar-refractivity contribution in [2.75, 3.05) is 20.2 Å². The van der Waals surface area contributed by atoms with E-state index in [1.807, 2.05) is 18.2 Å². The predicted molar refractivity (Wildman–Crippen MR) is 135 cm³/mol. The summed E-state index contributed by atoms with van der Waals surface area (Å²) in [5, 5.41) is 1.11. The second kappa shape index (κ2) is 8.12. The van der Waals surface area contributed by atoms with Gasteiger partial charge in [0.15, 0.2) is 0 Å². The second-order valence-electron chi connectivity index (χ2n) is 10.0. The average Bonchev–Trinajstić information content (AvgIpc) is 3.27. The number of carbonyl (C=O) groups is 1. The molecule has 2 fully saturated rings. The average molecular weight is 492 g/mol. The van der Waals surface area contributed by atoms with Crippen molar-refractivity contribution < 1.29 is 9.53 Å². The summed E-state index contributed by atoms with van der Waals surface area (Å²) in [6.07, 6.45) is 1.93. The highest BCUT2D eigenvalue weighted by molar-refractivity contribution is 6.42. The molecule has 0 radical (unpaired) electrons. The largest absolute Gasteiger partial charge is 0.469 e. The van der Waals surface area contributed by atoms with E-state index in [0.29, 0.717) is 16.6 Å². The van der Waals surface area contributed by atoms with E-state index in [-0.39, 0.29) is 23.2 Å². The van der Waals surface area contributed by atoms with E-state index >= 15 is 0 Å². The molecule has 5 heteroatoms. The van der Waals surface area contributed by atoms with Crippen molar-refractivity contribution in [3.63, 3.8) is 0 Å². The summed E-state index contributed by atoms with van der Waals surface area (Å²) in [5.74, 6) is 0.144. The van der Waals surface area contributed by atoms with E-state index in [4.69, 9.17) is 27.9 Å². The molecule has 1 saturated carbocycles. The van der Waals surface area contributed by atoms with Gasteiger partial charge >= 0.3 is 5.97 Å². The number of methoxy groups -OCH3 is 1. The highest BCUT2D eigenvalue weighted by atomic mass is 35.5. The first kappa shape index (κ1) is 22.2. The van der Waals surface area contributed by atoms with Crippen LogP contribution in [0.1, 0.15) is 41.0 Å². The molecule has 174 valence electrons. The van der Waals surface area contributed by atoms with E-state index < -0.39 is 5.41 Å². The van der Waals surface area contributed by atoms with E-state index in [1.165, 1.54) is 23.8 Å². The highest BCUT2D eigenvalue weighted by Crippen LogP contribution is 2.69. The molecule has 1 saturated heterocycles. The van der Waals surface area contributed by atoms with Gasteiger partial charge in [-0.3, -0.25) is 9.69 Å². The topological polar surface area (TPSA) is 29.5 Å². The number of nitrogens with zero attached hydrogens (tertiary/aromatic N) is 1. The van der Waals surface area contributed by atoms with Crippen LogP contribution in [0.3, 0.4) is 0 Å². The van der Waals surface area contributed by atoms with Gasteiger partial charge < -0.3 is 4.74 Å². The second-order valence-corrected chi connectivity index (χ2v) is 10.8. The number of carbonyl (C=O) groups excluding carboxylic acids is 1. The van der Waals surface area contributed by atoms with Gasteiger partial charge in [-0.05, 0) is 47.2 Å². The maximum absolute atomic E-state index is 13.8. The molecule has 3 aromatic rings. The fourth-order valence-corrected chi connectivity index (χ4v) is 7.75. The standard InChI is InChI=1S/C29H27Cl2NO2/c1-34-27(33)29-18-32(16-19-7-3-2-4-8-19)17-26(29)28(20-11-12-24(30)25(31)15-20)14-13-23(29)21-9-5-6-10-22(21)28/h2-12,15,23,26H,13-14,16-18H2,1H3. The van der Waals surface area contributed by atoms with Crippen molar-refractivity contribution in [3.05, 3.63) is 105 Å². The third-order valence-electron chi connectivity index (χ3n) is 8.66. The first-order valence-corrected chi connectivity index (χ1v) is 12.7. The Kier molecular flexibility index (Phi) is 5.29. The zero-order chi connectivity index (χ0) is 23.5. The van der Waals surface area contributed by atoms with Gasteiger partial charge in [0.05, 0.1) is 22.6 Å². The normalized spacial score (nSPS) is 29.5. The van der Waals surface area contributed by atoms with Crippen LogP contribution in [-0.2, 0) is 21.5 Å². The van der Waals surface area contributed by atoms with Crippen LogP contribution in [0.4, 0.5) is 0 Å². The molecule has 1 aliphatic heterocycles. The molecule has 2 bridgehead atoms. The van der Waals surface area contributed by atoms with Crippen molar-refractivity contribution in [2.45, 2.75) is 30.7 Å². The Morgan fingerprint density at radius 2 is 1.79 bits per heavy atom. The van der Waals surface area contributed by atoms with Crippen LogP contribution in [0.2, 0.25) is 10.0 Å². The third-order valence-corrected chi connectivity index (χ3v) is 9.40. The number of halogens is 2. The van der Waals surface area contributed by atoms with Gasteiger partial charge in [0.25, 0.3) is 0 Å². The van der Waals surface area contributed by atoms with Gasteiger partial charge in [0, 0.05) is 36.9 Å². The Labute approximate surface area is 210 Å². The van der Waals surface area contributed by atoms with E-state index in [1.54, 1.807) is 0 Å². The van der Waals surface area contributed by atoms with Crippen molar-refractivity contribution in [1.29, 1.82) is 0 Å². The fourth-order valence-electron chi connectivity index (χ4n) is 7.46. The number of ether oxygens (including phenoxy) is 1. The summed E-state index contributed by atoms with van der Waals surface area (Å²) in [6.45, 7) is 2.34. The molecule has 34 heavy (non-hydrogen) atoms. The number of fused-ring (bicyclic) bond motifs is 1. The van der Waals surface area contributed by atoms with Crippen LogP contribution in [0.5, 0.6) is 0 Å². The van der Waals surface area contributed by atoms with Crippen molar-refractivity contribution in [3.8, 4) is 0 Å². The summed E-state index contributed by atoms with van der Waals surface area (Å²) in [7, 11) is 1.54. The lowest BCUT2D eigenvalue weighted by Crippen LogP contribution is -2.60. The molecular weight excluding hydrogens is 465 g/mol. The van der Waals surface area contributed by atoms with Gasteiger partial charge in [-0.1, -0.05) is 83.9 Å². The predicted octanol–water partition coefficient (Wildman–Crippen LogP) is 6.46. The molecule has 4 aliphatic rings. The summed E-state index contributed by atoms with van der Waals surface area (Å²) in [5.41, 5.74) is 4.10. The third kappa shape index (κ3) is 2.97. The molecule has 3 aromatic carbocycles. The number of rotatable bonds is 4. The number of likely N-dealkylation sites (tertiary alicyclic amines) is 1. The van der Waals surface area contributed by atoms with Gasteiger partial charge in [0.1, 0.15) is 0 Å². The SMILES string of the molecule is COC(=O)C12CN(Cc3ccccc3)CC1C1(c3ccc(Cl)c(Cl)c3)CCC2c2ccccc21. The Bertz CT molecular complexity index is 1260. The Morgan fingerprint density at radius 1 is 1.03 bits per heavy atom. The number of hydrogen-bond donors (Lipinski definition) is 0. The highest BCUT2D eigenvalue weighted by Gasteiger charge is 2.70. The molecular formula is C29H27Cl2NO2. The zero-order valence-corrected chi connectivity index (χ0v) is 20.6. The quantitative estimate of drug-likeness (QED) is 0.392. The lowest BCUT2D eigenvalue weighted by molar-refractivity contribution is -0.161. The van der Waals surface area contributed by atoms with E-state index in [9.17, 15) is 4.79 Å². The minimum atomic E-state index is -0.595. The number of esters is 1. The molecule has 0 spiro atoms. The minimum Gasteiger partial charge on any atom is -0.469 e. The van der Waals surface area contributed by atoms with Gasteiger partial charge in [-0.2, -0.15) is 0 Å². The Morgan fingerprint density at radius 3 is 2.56 bits per heavy atom. The lowest BCUT2D eigenvalue weighted by atomic mass is 9.42. The lowest BCUT2D eigenvalue weighted by Gasteiger charge is -2.59. The monoisotopic (exact) mass is 491 g/mol. The summed E-state index contributed by atoms with van der Waals surface area (Å²) >= 11 is 12.9. The van der Waals surface area contributed by atoms with Crippen molar-refractivity contribution in [2.24, 2.45) is 11.3 Å². The van der Waals surface area contributed by atoms with Crippen LogP contribution in [0, 0.1) is 11.3 Å². The van der Waals surface area contributed by atoms with E-state index in [2.05, 4.69) is 59.5 Å². The van der Waals surface area contributed by atoms with Crippen molar-refractivity contribution in [1.82, 2.24) is 4.90 Å². The van der Waals surface area contributed by atoms with Crippen LogP contribution in [0.15, 0.2) is 72.8 Å². The van der Waals surface area contributed by atoms with Crippen LogP contribution >= 0.6 is 23.2 Å². The maximum atomic E-state index is 13.8. The molecule has 7 rings (SSSR count). The Hall–Kier alpha value is -2.33. The summed E-state index contributed by atoms with van der Waals surface area (Å²) in [6, 6.07) is 25.2. The van der Waals surface area contributed by atoms with Crippen LogP contribution < -0.4 is 0 Å². The first-order valence-electron chi connectivity index (χ1n) is 11.9. The minimum absolute atomic E-state index is 0.0852. The summed E-state index contributed by atoms with van der Waals surface area (Å²) in [4.78, 5) is 16.2. The molecule has 3 aliphatic carbocycles. The van der Waals surface area contributed by atoms with Gasteiger partial charge in [0.2, 0.25) is 0 Å². The molecule has 1 heterocycles. The number of benzene rings is 3. The first-order chi connectivity index (χ1) is 16.5. The Balaban J connectivity index is 1.56. The maximum Gasteiger partial charge on any atom is 0.314 e. The molecule has 0 amide bonds. The van der Waals surface area contributed by atoms with Gasteiger partial charge in [-0.15, -0.1) is 0 Å². The fraction of sp³-hybridized carbons (Fsp3) is 0.345.